The molecule has 2 N–H and O–H groups in total. The number of hydrogen-bond donors (Lipinski definition) is 2. The summed E-state index contributed by atoms with van der Waals surface area (Å²) in [6.07, 6.45) is 6.74. The minimum Gasteiger partial charge on any atom is -0.381 e. The smallest absolute Gasteiger partial charge is 0.227 e. The number of nitrogens with one attached hydrogen (secondary N) is 2. The molecule has 2 fully saturated rings. The summed E-state index contributed by atoms with van der Waals surface area (Å²) in [6, 6.07) is 8.08. The molecular weight excluding hydrogens is 352 g/mol. The van der Waals surface area contributed by atoms with Crippen LogP contribution in [0.3, 0.4) is 0 Å². The molecule has 1 unspecified atom stereocenters. The van der Waals surface area contributed by atoms with E-state index in [-0.39, 0.29) is 11.8 Å². The fourth-order valence-electron chi connectivity index (χ4n) is 4.14. The molecule has 154 valence electrons. The van der Waals surface area contributed by atoms with Crippen LogP contribution in [-0.2, 0) is 16.1 Å². The molecule has 1 saturated carbocycles. The first-order valence-electron chi connectivity index (χ1n) is 10.5. The topological polar surface area (TPSA) is 66.0 Å². The highest BCUT2D eigenvalue weighted by Gasteiger charge is 2.21. The Balaban J connectivity index is 1.50. The van der Waals surface area contributed by atoms with Gasteiger partial charge in [-0.15, -0.1) is 0 Å². The molecule has 0 spiro atoms. The molecule has 2 aliphatic rings. The fourth-order valence-corrected chi connectivity index (χ4v) is 4.14. The Hall–Kier alpha value is -2.08. The molecule has 6 nitrogen and oxygen atoms in total. The molecule has 1 amide bonds. The van der Waals surface area contributed by atoms with Gasteiger partial charge < -0.3 is 20.3 Å². The number of carbonyl (C=O) groups is 1. The van der Waals surface area contributed by atoms with Crippen LogP contribution in [0.1, 0.15) is 44.1 Å². The van der Waals surface area contributed by atoms with Crippen LogP contribution < -0.4 is 10.6 Å². The fraction of sp³-hybridized carbons (Fsp3) is 0.636. The van der Waals surface area contributed by atoms with Crippen LogP contribution in [0.2, 0.25) is 0 Å². The van der Waals surface area contributed by atoms with Crippen LogP contribution in [0.25, 0.3) is 0 Å². The van der Waals surface area contributed by atoms with Gasteiger partial charge in [0.1, 0.15) is 0 Å². The number of nitrogens with zero attached hydrogens (tertiary/aromatic N) is 2. The molecular formula is C22H34N4O2. The molecule has 6 heteroatoms. The second-order valence-corrected chi connectivity index (χ2v) is 8.04. The first-order chi connectivity index (χ1) is 13.7. The Morgan fingerprint density at radius 2 is 2.07 bits per heavy atom. The standard InChI is InChI=1S/C22H34N4O2/c1-23-22(26(2)15-18-11-12-28-16-18)24-14-17-7-6-10-20(13-17)25-21(27)19-8-4-3-5-9-19/h6-7,10,13,18-19H,3-5,8-9,11-12,14-16H2,1-2H3,(H,23,24)(H,25,27). The van der Waals surface area contributed by atoms with Gasteiger partial charge in [-0.2, -0.15) is 0 Å². The molecule has 1 aromatic carbocycles. The van der Waals surface area contributed by atoms with Gasteiger partial charge in [0.15, 0.2) is 5.96 Å². The van der Waals surface area contributed by atoms with Crippen molar-refractivity contribution in [1.29, 1.82) is 0 Å². The summed E-state index contributed by atoms with van der Waals surface area (Å²) in [7, 11) is 3.87. The average Bonchev–Trinajstić information content (AvgIpc) is 3.22. The van der Waals surface area contributed by atoms with Gasteiger partial charge >= 0.3 is 0 Å². The van der Waals surface area contributed by atoms with E-state index in [2.05, 4.69) is 33.6 Å². The summed E-state index contributed by atoms with van der Waals surface area (Å²) in [5.74, 6) is 1.78. The molecule has 1 aliphatic carbocycles. The number of benzene rings is 1. The molecule has 28 heavy (non-hydrogen) atoms. The number of guanidine groups is 1. The normalized spacial score (nSPS) is 20.8. The summed E-state index contributed by atoms with van der Waals surface area (Å²) >= 11 is 0. The first kappa shape index (κ1) is 20.6. The number of anilines is 1. The Bertz CT molecular complexity index is 664. The van der Waals surface area contributed by atoms with Gasteiger partial charge in [0.05, 0.1) is 6.61 Å². The van der Waals surface area contributed by atoms with E-state index in [1.54, 1.807) is 0 Å². The van der Waals surface area contributed by atoms with Crippen LogP contribution in [-0.4, -0.2) is 50.6 Å². The number of ether oxygens (including phenoxy) is 1. The maximum Gasteiger partial charge on any atom is 0.227 e. The minimum atomic E-state index is 0.166. The number of carbonyl (C=O) groups excluding carboxylic acids is 1. The van der Waals surface area contributed by atoms with Crippen molar-refractivity contribution < 1.29 is 9.53 Å². The highest BCUT2D eigenvalue weighted by Crippen LogP contribution is 2.25. The number of hydrogen-bond acceptors (Lipinski definition) is 3. The molecule has 0 bridgehead atoms. The summed E-state index contributed by atoms with van der Waals surface area (Å²) in [4.78, 5) is 19.0. The zero-order valence-electron chi connectivity index (χ0n) is 17.2. The maximum atomic E-state index is 12.5. The van der Waals surface area contributed by atoms with E-state index >= 15 is 0 Å². The number of rotatable bonds is 6. The van der Waals surface area contributed by atoms with Crippen molar-refractivity contribution >= 4 is 17.6 Å². The molecule has 0 radical (unpaired) electrons. The number of amides is 1. The second kappa shape index (κ2) is 10.5. The Morgan fingerprint density at radius 1 is 1.25 bits per heavy atom. The van der Waals surface area contributed by atoms with E-state index in [1.807, 2.05) is 25.2 Å². The molecule has 3 rings (SSSR count). The Labute approximate surface area is 168 Å². The highest BCUT2D eigenvalue weighted by atomic mass is 16.5. The van der Waals surface area contributed by atoms with Crippen LogP contribution in [0.15, 0.2) is 29.3 Å². The van der Waals surface area contributed by atoms with Crippen LogP contribution >= 0.6 is 0 Å². The summed E-state index contributed by atoms with van der Waals surface area (Å²) in [5.41, 5.74) is 2.00. The summed E-state index contributed by atoms with van der Waals surface area (Å²) in [6.45, 7) is 3.32. The lowest BCUT2D eigenvalue weighted by atomic mass is 9.88. The SMILES string of the molecule is CN=C(NCc1cccc(NC(=O)C2CCCCC2)c1)N(C)CC1CCOC1. The molecule has 1 aromatic rings. The molecule has 1 heterocycles. The quantitative estimate of drug-likeness (QED) is 0.582. The van der Waals surface area contributed by atoms with E-state index in [4.69, 9.17) is 4.74 Å². The van der Waals surface area contributed by atoms with E-state index in [0.717, 1.165) is 56.2 Å². The van der Waals surface area contributed by atoms with Gasteiger partial charge in [-0.25, -0.2) is 0 Å². The summed E-state index contributed by atoms with van der Waals surface area (Å²) < 4.78 is 5.47. The van der Waals surface area contributed by atoms with Gasteiger partial charge in [0, 0.05) is 51.3 Å². The number of aliphatic imine (C=N–C) groups is 1. The minimum absolute atomic E-state index is 0.166. The van der Waals surface area contributed by atoms with Gasteiger partial charge in [-0.3, -0.25) is 9.79 Å². The zero-order chi connectivity index (χ0) is 19.8. The van der Waals surface area contributed by atoms with E-state index in [9.17, 15) is 4.79 Å². The zero-order valence-corrected chi connectivity index (χ0v) is 17.2. The van der Waals surface area contributed by atoms with Crippen LogP contribution in [0.4, 0.5) is 5.69 Å². The average molecular weight is 387 g/mol. The molecule has 1 aliphatic heterocycles. The third-order valence-electron chi connectivity index (χ3n) is 5.75. The van der Waals surface area contributed by atoms with Gasteiger partial charge in [-0.1, -0.05) is 31.4 Å². The Kier molecular flexibility index (Phi) is 7.71. The van der Waals surface area contributed by atoms with Crippen molar-refractivity contribution in [2.24, 2.45) is 16.8 Å². The van der Waals surface area contributed by atoms with Crippen molar-refractivity contribution in [2.45, 2.75) is 45.1 Å². The predicted molar refractivity (Wildman–Crippen MR) is 113 cm³/mol. The molecule has 1 atom stereocenters. The monoisotopic (exact) mass is 386 g/mol. The third-order valence-corrected chi connectivity index (χ3v) is 5.75. The van der Waals surface area contributed by atoms with Crippen LogP contribution in [0.5, 0.6) is 0 Å². The van der Waals surface area contributed by atoms with Gasteiger partial charge in [0.2, 0.25) is 5.91 Å². The van der Waals surface area contributed by atoms with E-state index in [0.29, 0.717) is 12.5 Å². The maximum absolute atomic E-state index is 12.5. The third kappa shape index (κ3) is 5.96. The lowest BCUT2D eigenvalue weighted by molar-refractivity contribution is -0.120. The second-order valence-electron chi connectivity index (χ2n) is 8.04. The van der Waals surface area contributed by atoms with Crippen molar-refractivity contribution in [3.63, 3.8) is 0 Å². The van der Waals surface area contributed by atoms with Crippen molar-refractivity contribution in [1.82, 2.24) is 10.2 Å². The largest absolute Gasteiger partial charge is 0.381 e. The van der Waals surface area contributed by atoms with Crippen molar-refractivity contribution in [2.75, 3.05) is 39.2 Å². The lowest BCUT2D eigenvalue weighted by Crippen LogP contribution is -2.41. The van der Waals surface area contributed by atoms with Crippen LogP contribution in [0, 0.1) is 11.8 Å². The van der Waals surface area contributed by atoms with Crippen molar-refractivity contribution in [3.8, 4) is 0 Å². The first-order valence-corrected chi connectivity index (χ1v) is 10.5. The van der Waals surface area contributed by atoms with E-state index in [1.165, 1.54) is 19.3 Å². The van der Waals surface area contributed by atoms with Gasteiger partial charge in [-0.05, 0) is 37.0 Å². The molecule has 0 aromatic heterocycles. The highest BCUT2D eigenvalue weighted by molar-refractivity contribution is 5.92. The lowest BCUT2D eigenvalue weighted by Gasteiger charge is -2.24. The molecule has 1 saturated heterocycles. The van der Waals surface area contributed by atoms with Crippen molar-refractivity contribution in [3.05, 3.63) is 29.8 Å². The Morgan fingerprint density at radius 3 is 2.79 bits per heavy atom. The predicted octanol–water partition coefficient (Wildman–Crippen LogP) is 3.25. The van der Waals surface area contributed by atoms with Gasteiger partial charge in [0.25, 0.3) is 0 Å². The summed E-state index contributed by atoms with van der Waals surface area (Å²) in [5, 5.41) is 6.53. The van der Waals surface area contributed by atoms with E-state index < -0.39 is 0 Å².